The number of carbonyl (C=O) groups is 1. The predicted molar refractivity (Wildman–Crippen MR) is 80.8 cm³/mol. The first-order chi connectivity index (χ1) is 10.2. The molecule has 2 aliphatic carbocycles. The Kier molecular flexibility index (Phi) is 3.12. The zero-order valence-corrected chi connectivity index (χ0v) is 12.1. The topological polar surface area (TPSA) is 32.3 Å². The SMILES string of the molecule is O=C(Nc1ccc(N2CCCC2)c(F)c1)C1CC2CC2C1. The number of hydrogen-bond acceptors (Lipinski definition) is 2. The van der Waals surface area contributed by atoms with Gasteiger partial charge < -0.3 is 10.2 Å². The monoisotopic (exact) mass is 288 g/mol. The fourth-order valence-corrected chi connectivity index (χ4v) is 3.97. The second kappa shape index (κ2) is 5.00. The number of nitrogens with one attached hydrogen (secondary N) is 1. The summed E-state index contributed by atoms with van der Waals surface area (Å²) in [4.78, 5) is 14.3. The third-order valence-electron chi connectivity index (χ3n) is 5.28. The Morgan fingerprint density at radius 2 is 1.86 bits per heavy atom. The summed E-state index contributed by atoms with van der Waals surface area (Å²) in [6, 6.07) is 5.08. The maximum absolute atomic E-state index is 14.2. The average molecular weight is 288 g/mol. The number of rotatable bonds is 3. The lowest BCUT2D eigenvalue weighted by Gasteiger charge is -2.19. The van der Waals surface area contributed by atoms with Crippen LogP contribution in [0.25, 0.3) is 0 Å². The number of benzene rings is 1. The van der Waals surface area contributed by atoms with Crippen molar-refractivity contribution in [3.63, 3.8) is 0 Å². The summed E-state index contributed by atoms with van der Waals surface area (Å²) >= 11 is 0. The summed E-state index contributed by atoms with van der Waals surface area (Å²) in [6.07, 6.45) is 5.60. The van der Waals surface area contributed by atoms with Crippen LogP contribution in [0, 0.1) is 23.6 Å². The van der Waals surface area contributed by atoms with E-state index in [2.05, 4.69) is 10.2 Å². The van der Waals surface area contributed by atoms with Crippen LogP contribution in [0.4, 0.5) is 15.8 Å². The highest BCUT2D eigenvalue weighted by atomic mass is 19.1. The molecule has 1 amide bonds. The van der Waals surface area contributed by atoms with Gasteiger partial charge in [0.25, 0.3) is 0 Å². The van der Waals surface area contributed by atoms with Gasteiger partial charge in [-0.15, -0.1) is 0 Å². The Morgan fingerprint density at radius 1 is 1.14 bits per heavy atom. The third kappa shape index (κ3) is 2.52. The molecule has 1 aliphatic heterocycles. The normalized spacial score (nSPS) is 30.3. The number of hydrogen-bond donors (Lipinski definition) is 1. The van der Waals surface area contributed by atoms with Crippen LogP contribution in [-0.4, -0.2) is 19.0 Å². The van der Waals surface area contributed by atoms with Crippen molar-refractivity contribution in [2.75, 3.05) is 23.3 Å². The molecule has 1 aromatic carbocycles. The van der Waals surface area contributed by atoms with E-state index in [1.54, 1.807) is 6.07 Å². The largest absolute Gasteiger partial charge is 0.369 e. The molecule has 3 aliphatic rings. The van der Waals surface area contributed by atoms with Crippen molar-refractivity contribution in [3.05, 3.63) is 24.0 Å². The van der Waals surface area contributed by atoms with Crippen molar-refractivity contribution >= 4 is 17.3 Å². The van der Waals surface area contributed by atoms with Crippen molar-refractivity contribution in [2.45, 2.75) is 32.1 Å². The van der Waals surface area contributed by atoms with Gasteiger partial charge in [-0.25, -0.2) is 4.39 Å². The van der Waals surface area contributed by atoms with Crippen molar-refractivity contribution in [1.82, 2.24) is 0 Å². The van der Waals surface area contributed by atoms with E-state index in [0.717, 1.165) is 50.6 Å². The zero-order chi connectivity index (χ0) is 14.4. The van der Waals surface area contributed by atoms with Crippen LogP contribution in [0.1, 0.15) is 32.1 Å². The van der Waals surface area contributed by atoms with Crippen molar-refractivity contribution in [2.24, 2.45) is 17.8 Å². The quantitative estimate of drug-likeness (QED) is 0.924. The fourth-order valence-electron chi connectivity index (χ4n) is 3.97. The summed E-state index contributed by atoms with van der Waals surface area (Å²) in [5.74, 6) is 1.54. The standard InChI is InChI=1S/C17H21FN2O/c18-15-10-14(3-4-16(15)20-5-1-2-6-20)19-17(21)13-8-11-7-12(11)9-13/h3-4,10-13H,1-2,5-9H2,(H,19,21). The molecule has 2 saturated carbocycles. The van der Waals surface area contributed by atoms with Gasteiger partial charge in [0.05, 0.1) is 5.69 Å². The van der Waals surface area contributed by atoms with Gasteiger partial charge in [-0.2, -0.15) is 0 Å². The minimum Gasteiger partial charge on any atom is -0.369 e. The second-order valence-electron chi connectivity index (χ2n) is 6.77. The van der Waals surface area contributed by atoms with Gasteiger partial charge in [0.2, 0.25) is 5.91 Å². The second-order valence-corrected chi connectivity index (χ2v) is 6.77. The van der Waals surface area contributed by atoms with Crippen molar-refractivity contribution in [1.29, 1.82) is 0 Å². The van der Waals surface area contributed by atoms with E-state index in [1.165, 1.54) is 12.5 Å². The lowest BCUT2D eigenvalue weighted by molar-refractivity contribution is -0.120. The van der Waals surface area contributed by atoms with Crippen molar-refractivity contribution < 1.29 is 9.18 Å². The highest BCUT2D eigenvalue weighted by Crippen LogP contribution is 2.54. The summed E-state index contributed by atoms with van der Waals surface area (Å²) in [5.41, 5.74) is 1.24. The van der Waals surface area contributed by atoms with Gasteiger partial charge in [-0.3, -0.25) is 4.79 Å². The average Bonchev–Trinajstić information content (AvgIpc) is 2.92. The van der Waals surface area contributed by atoms with Gasteiger partial charge in [0.15, 0.2) is 0 Å². The smallest absolute Gasteiger partial charge is 0.227 e. The summed E-state index contributed by atoms with van der Waals surface area (Å²) in [6.45, 7) is 1.85. The number of halogens is 1. The van der Waals surface area contributed by atoms with E-state index in [0.29, 0.717) is 11.4 Å². The van der Waals surface area contributed by atoms with Crippen LogP contribution in [0.15, 0.2) is 18.2 Å². The molecule has 2 unspecified atom stereocenters. The first kappa shape index (κ1) is 13.1. The Balaban J connectivity index is 1.43. The molecule has 3 nitrogen and oxygen atoms in total. The molecule has 1 aromatic rings. The molecule has 3 fully saturated rings. The van der Waals surface area contributed by atoms with Crippen LogP contribution in [-0.2, 0) is 4.79 Å². The Hall–Kier alpha value is -1.58. The van der Waals surface area contributed by atoms with E-state index < -0.39 is 0 Å². The number of amides is 1. The van der Waals surface area contributed by atoms with Gasteiger partial charge in [0.1, 0.15) is 5.82 Å². The first-order valence-electron chi connectivity index (χ1n) is 8.06. The molecule has 0 spiro atoms. The van der Waals surface area contributed by atoms with E-state index in [9.17, 15) is 9.18 Å². The number of fused-ring (bicyclic) bond motifs is 1. The fraction of sp³-hybridized carbons (Fsp3) is 0.588. The molecule has 1 heterocycles. The zero-order valence-electron chi connectivity index (χ0n) is 12.1. The van der Waals surface area contributed by atoms with E-state index in [1.807, 2.05) is 6.07 Å². The minimum atomic E-state index is -0.232. The molecule has 21 heavy (non-hydrogen) atoms. The van der Waals surface area contributed by atoms with E-state index in [-0.39, 0.29) is 17.6 Å². The lowest BCUT2D eigenvalue weighted by atomic mass is 10.0. The molecule has 112 valence electrons. The maximum atomic E-state index is 14.2. The Labute approximate surface area is 124 Å². The third-order valence-corrected chi connectivity index (χ3v) is 5.28. The first-order valence-corrected chi connectivity index (χ1v) is 8.06. The minimum absolute atomic E-state index is 0.0653. The molecular formula is C17H21FN2O. The maximum Gasteiger partial charge on any atom is 0.227 e. The predicted octanol–water partition coefficient (Wildman–Crippen LogP) is 3.41. The molecular weight excluding hydrogens is 267 g/mol. The Bertz CT molecular complexity index is 558. The van der Waals surface area contributed by atoms with Gasteiger partial charge >= 0.3 is 0 Å². The van der Waals surface area contributed by atoms with Gasteiger partial charge in [-0.05, 0) is 62.1 Å². The van der Waals surface area contributed by atoms with Gasteiger partial charge in [0, 0.05) is 24.7 Å². The van der Waals surface area contributed by atoms with E-state index in [4.69, 9.17) is 0 Å². The summed E-state index contributed by atoms with van der Waals surface area (Å²) in [5, 5.41) is 2.89. The number of carbonyl (C=O) groups excluding carboxylic acids is 1. The van der Waals surface area contributed by atoms with E-state index >= 15 is 0 Å². The van der Waals surface area contributed by atoms with Crippen LogP contribution in [0.2, 0.25) is 0 Å². The highest BCUT2D eigenvalue weighted by Gasteiger charge is 2.47. The van der Waals surface area contributed by atoms with Crippen LogP contribution in [0.3, 0.4) is 0 Å². The molecule has 4 rings (SSSR count). The van der Waals surface area contributed by atoms with Crippen LogP contribution in [0.5, 0.6) is 0 Å². The molecule has 0 aromatic heterocycles. The summed E-state index contributed by atoms with van der Waals surface area (Å²) in [7, 11) is 0. The lowest BCUT2D eigenvalue weighted by Crippen LogP contribution is -2.22. The number of nitrogens with zero attached hydrogens (tertiary/aromatic N) is 1. The summed E-state index contributed by atoms with van der Waals surface area (Å²) < 4.78 is 14.2. The number of anilines is 2. The molecule has 0 radical (unpaired) electrons. The molecule has 4 heteroatoms. The molecule has 1 saturated heterocycles. The Morgan fingerprint density at radius 3 is 2.52 bits per heavy atom. The molecule has 0 bridgehead atoms. The van der Waals surface area contributed by atoms with Gasteiger partial charge in [-0.1, -0.05) is 0 Å². The molecule has 1 N–H and O–H groups in total. The van der Waals surface area contributed by atoms with Crippen LogP contribution < -0.4 is 10.2 Å². The highest BCUT2D eigenvalue weighted by molar-refractivity contribution is 5.93. The van der Waals surface area contributed by atoms with Crippen molar-refractivity contribution in [3.8, 4) is 0 Å². The molecule has 2 atom stereocenters. The van der Waals surface area contributed by atoms with Crippen LogP contribution >= 0.6 is 0 Å².